The molecule has 1 atom stereocenters. The van der Waals surface area contributed by atoms with E-state index in [9.17, 15) is 9.18 Å². The molecular formula is C15H17FN4O. The Bertz CT molecular complexity index is 633. The summed E-state index contributed by atoms with van der Waals surface area (Å²) in [5, 5.41) is 6.86. The fourth-order valence-electron chi connectivity index (χ4n) is 2.30. The number of halogens is 1. The van der Waals surface area contributed by atoms with Gasteiger partial charge in [-0.15, -0.1) is 0 Å². The van der Waals surface area contributed by atoms with Crippen LogP contribution in [0.15, 0.2) is 30.7 Å². The van der Waals surface area contributed by atoms with E-state index in [1.807, 2.05) is 13.0 Å². The van der Waals surface area contributed by atoms with Crippen molar-refractivity contribution in [1.82, 2.24) is 20.1 Å². The Balaban J connectivity index is 1.67. The van der Waals surface area contributed by atoms with E-state index >= 15 is 0 Å². The lowest BCUT2D eigenvalue weighted by molar-refractivity contribution is -0.128. The monoisotopic (exact) mass is 288 g/mol. The first-order valence-corrected chi connectivity index (χ1v) is 7.10. The highest BCUT2D eigenvalue weighted by Gasteiger charge is 2.26. The maximum atomic E-state index is 12.9. The van der Waals surface area contributed by atoms with Crippen LogP contribution >= 0.6 is 0 Å². The molecule has 0 radical (unpaired) electrons. The van der Waals surface area contributed by atoms with Gasteiger partial charge in [-0.05, 0) is 31.4 Å². The molecule has 1 fully saturated rings. The highest BCUT2D eigenvalue weighted by atomic mass is 19.1. The summed E-state index contributed by atoms with van der Waals surface area (Å²) in [4.78, 5) is 16.2. The molecule has 1 saturated carbocycles. The van der Waals surface area contributed by atoms with Gasteiger partial charge in [0.1, 0.15) is 0 Å². The topological polar surface area (TPSA) is 59.8 Å². The van der Waals surface area contributed by atoms with Gasteiger partial charge in [0.25, 0.3) is 0 Å². The van der Waals surface area contributed by atoms with E-state index in [1.165, 1.54) is 10.9 Å². The largest absolute Gasteiger partial charge is 0.349 e. The lowest BCUT2D eigenvalue weighted by Crippen LogP contribution is -2.36. The van der Waals surface area contributed by atoms with Gasteiger partial charge in [-0.3, -0.25) is 4.79 Å². The Hall–Kier alpha value is -2.24. The SMILES string of the molecule is CC(NC(=O)C1CCC1)c1ccc(-n2cc(F)cn2)nc1. The lowest BCUT2D eigenvalue weighted by Gasteiger charge is -2.26. The molecule has 0 aliphatic heterocycles. The van der Waals surface area contributed by atoms with Gasteiger partial charge in [-0.1, -0.05) is 12.5 Å². The van der Waals surface area contributed by atoms with Crippen molar-refractivity contribution in [3.63, 3.8) is 0 Å². The van der Waals surface area contributed by atoms with Crippen molar-refractivity contribution in [3.05, 3.63) is 42.1 Å². The first kappa shape index (κ1) is 13.7. The molecule has 3 rings (SSSR count). The van der Waals surface area contributed by atoms with E-state index in [-0.39, 0.29) is 17.9 Å². The van der Waals surface area contributed by atoms with E-state index in [2.05, 4.69) is 15.4 Å². The third-order valence-corrected chi connectivity index (χ3v) is 3.89. The average Bonchev–Trinajstić information content (AvgIpc) is 2.83. The summed E-state index contributed by atoms with van der Waals surface area (Å²) in [5.41, 5.74) is 0.916. The van der Waals surface area contributed by atoms with Gasteiger partial charge in [0.15, 0.2) is 11.6 Å². The van der Waals surface area contributed by atoms with Crippen molar-refractivity contribution in [2.75, 3.05) is 0 Å². The molecule has 6 heteroatoms. The molecule has 0 spiro atoms. The highest BCUT2D eigenvalue weighted by Crippen LogP contribution is 2.27. The number of rotatable bonds is 4. The maximum Gasteiger partial charge on any atom is 0.223 e. The first-order valence-electron chi connectivity index (χ1n) is 7.10. The van der Waals surface area contributed by atoms with Gasteiger partial charge in [-0.25, -0.2) is 14.1 Å². The standard InChI is InChI=1S/C15H17FN4O/c1-10(19-15(21)11-3-2-4-11)12-5-6-14(17-7-12)20-9-13(16)8-18-20/h5-11H,2-4H2,1H3,(H,19,21). The Morgan fingerprint density at radius 3 is 2.76 bits per heavy atom. The van der Waals surface area contributed by atoms with Gasteiger partial charge in [0.05, 0.1) is 18.4 Å². The summed E-state index contributed by atoms with van der Waals surface area (Å²) in [6.45, 7) is 1.93. The zero-order chi connectivity index (χ0) is 14.8. The second kappa shape index (κ2) is 5.63. The Kier molecular flexibility index (Phi) is 3.68. The molecule has 1 aliphatic rings. The third kappa shape index (κ3) is 2.94. The number of pyridine rings is 1. The van der Waals surface area contributed by atoms with Crippen LogP contribution in [-0.2, 0) is 4.79 Å². The zero-order valence-electron chi connectivity index (χ0n) is 11.8. The quantitative estimate of drug-likeness (QED) is 0.939. The number of carbonyl (C=O) groups is 1. The number of hydrogen-bond donors (Lipinski definition) is 1. The molecular weight excluding hydrogens is 271 g/mol. The second-order valence-electron chi connectivity index (χ2n) is 5.41. The van der Waals surface area contributed by atoms with E-state index < -0.39 is 5.82 Å². The normalized spacial score (nSPS) is 16.3. The van der Waals surface area contributed by atoms with Crippen molar-refractivity contribution in [3.8, 4) is 5.82 Å². The predicted molar refractivity (Wildman–Crippen MR) is 75.2 cm³/mol. The minimum Gasteiger partial charge on any atom is -0.349 e. The van der Waals surface area contributed by atoms with E-state index in [0.29, 0.717) is 5.82 Å². The number of aromatic nitrogens is 3. The zero-order valence-corrected chi connectivity index (χ0v) is 11.8. The molecule has 2 aromatic heterocycles. The van der Waals surface area contributed by atoms with E-state index in [1.54, 1.807) is 12.3 Å². The summed E-state index contributed by atoms with van der Waals surface area (Å²) in [7, 11) is 0. The van der Waals surface area contributed by atoms with Crippen molar-refractivity contribution in [2.45, 2.75) is 32.2 Å². The summed E-state index contributed by atoms with van der Waals surface area (Å²) in [5.74, 6) is 0.431. The fraction of sp³-hybridized carbons (Fsp3) is 0.400. The van der Waals surface area contributed by atoms with Crippen LogP contribution in [-0.4, -0.2) is 20.7 Å². The van der Waals surface area contributed by atoms with Gasteiger partial charge >= 0.3 is 0 Å². The van der Waals surface area contributed by atoms with Crippen LogP contribution in [0, 0.1) is 11.7 Å². The molecule has 1 aliphatic carbocycles. The molecule has 0 aromatic carbocycles. The summed E-state index contributed by atoms with van der Waals surface area (Å²) in [6.07, 6.45) is 7.20. The van der Waals surface area contributed by atoms with Crippen molar-refractivity contribution < 1.29 is 9.18 Å². The molecule has 21 heavy (non-hydrogen) atoms. The maximum absolute atomic E-state index is 12.9. The van der Waals surface area contributed by atoms with Crippen molar-refractivity contribution in [1.29, 1.82) is 0 Å². The molecule has 1 amide bonds. The lowest BCUT2D eigenvalue weighted by atomic mass is 9.84. The Morgan fingerprint density at radius 2 is 2.24 bits per heavy atom. The number of nitrogens with one attached hydrogen (secondary N) is 1. The number of carbonyl (C=O) groups excluding carboxylic acids is 1. The van der Waals surface area contributed by atoms with Gasteiger partial charge in [0.2, 0.25) is 5.91 Å². The highest BCUT2D eigenvalue weighted by molar-refractivity contribution is 5.79. The number of nitrogens with zero attached hydrogens (tertiary/aromatic N) is 3. The first-order chi connectivity index (χ1) is 10.1. The van der Waals surface area contributed by atoms with Crippen LogP contribution in [0.2, 0.25) is 0 Å². The molecule has 1 N–H and O–H groups in total. The van der Waals surface area contributed by atoms with Crippen LogP contribution in [0.3, 0.4) is 0 Å². The summed E-state index contributed by atoms with van der Waals surface area (Å²) < 4.78 is 14.3. The van der Waals surface area contributed by atoms with Crippen LogP contribution in [0.5, 0.6) is 0 Å². The number of hydrogen-bond acceptors (Lipinski definition) is 3. The molecule has 110 valence electrons. The van der Waals surface area contributed by atoms with E-state index in [4.69, 9.17) is 0 Å². The molecule has 0 bridgehead atoms. The van der Waals surface area contributed by atoms with Crippen LogP contribution in [0.1, 0.15) is 37.8 Å². The predicted octanol–water partition coefficient (Wildman–Crippen LogP) is 2.38. The van der Waals surface area contributed by atoms with Crippen LogP contribution in [0.4, 0.5) is 4.39 Å². The smallest absolute Gasteiger partial charge is 0.223 e. The Morgan fingerprint density at radius 1 is 1.43 bits per heavy atom. The summed E-state index contributed by atoms with van der Waals surface area (Å²) in [6, 6.07) is 3.54. The van der Waals surface area contributed by atoms with Gasteiger partial charge in [-0.2, -0.15) is 5.10 Å². The summed E-state index contributed by atoms with van der Waals surface area (Å²) >= 11 is 0. The third-order valence-electron chi connectivity index (χ3n) is 3.89. The van der Waals surface area contributed by atoms with E-state index in [0.717, 1.165) is 31.0 Å². The van der Waals surface area contributed by atoms with Crippen molar-refractivity contribution in [2.24, 2.45) is 5.92 Å². The molecule has 5 nitrogen and oxygen atoms in total. The van der Waals surface area contributed by atoms with Crippen LogP contribution in [0.25, 0.3) is 5.82 Å². The second-order valence-corrected chi connectivity index (χ2v) is 5.41. The Labute approximate surface area is 122 Å². The minimum absolute atomic E-state index is 0.0889. The van der Waals surface area contributed by atoms with Crippen molar-refractivity contribution >= 4 is 5.91 Å². The minimum atomic E-state index is -0.401. The van der Waals surface area contributed by atoms with Gasteiger partial charge in [0, 0.05) is 12.1 Å². The van der Waals surface area contributed by atoms with Crippen LogP contribution < -0.4 is 5.32 Å². The number of amides is 1. The molecule has 0 saturated heterocycles. The molecule has 2 heterocycles. The average molecular weight is 288 g/mol. The fourth-order valence-corrected chi connectivity index (χ4v) is 2.30. The van der Waals surface area contributed by atoms with Gasteiger partial charge < -0.3 is 5.32 Å². The molecule has 2 aromatic rings. The molecule has 1 unspecified atom stereocenters.